The van der Waals surface area contributed by atoms with Gasteiger partial charge in [-0.3, -0.25) is 9.79 Å². The molecule has 0 aromatic heterocycles. The summed E-state index contributed by atoms with van der Waals surface area (Å²) in [6, 6.07) is 6.46. The second kappa shape index (κ2) is 5.66. The molecular weight excluding hydrogens is 277 g/mol. The van der Waals surface area contributed by atoms with Crippen molar-refractivity contribution in [3.8, 4) is 0 Å². The lowest BCUT2D eigenvalue weighted by molar-refractivity contribution is -0.120. The fourth-order valence-electron chi connectivity index (χ4n) is 2.18. The summed E-state index contributed by atoms with van der Waals surface area (Å²) in [6.07, 6.45) is 0.306. The molecule has 1 aromatic rings. The number of hydrogen-bond donors (Lipinski definition) is 1. The minimum atomic E-state index is -0.294. The van der Waals surface area contributed by atoms with Gasteiger partial charge in [-0.25, -0.2) is 4.39 Å². The van der Waals surface area contributed by atoms with Crippen LogP contribution in [0.2, 0.25) is 0 Å². The van der Waals surface area contributed by atoms with E-state index < -0.39 is 0 Å². The third-order valence-electron chi connectivity index (χ3n) is 3.22. The number of amidine groups is 1. The van der Waals surface area contributed by atoms with Crippen LogP contribution in [0.4, 0.5) is 4.39 Å². The van der Waals surface area contributed by atoms with E-state index >= 15 is 0 Å². The molecule has 0 radical (unpaired) electrons. The highest BCUT2D eigenvalue weighted by atomic mass is 32.2. The fourth-order valence-corrected chi connectivity index (χ4v) is 3.13. The SMILES string of the molecule is O=C(CC1=CSC2=NCCN12)NCc1ccccc1F. The molecule has 2 aliphatic rings. The number of hydrogen-bond acceptors (Lipinski definition) is 4. The molecule has 0 fully saturated rings. The van der Waals surface area contributed by atoms with Crippen LogP contribution in [-0.4, -0.2) is 29.1 Å². The highest BCUT2D eigenvalue weighted by Gasteiger charge is 2.27. The first-order chi connectivity index (χ1) is 9.74. The minimum absolute atomic E-state index is 0.103. The van der Waals surface area contributed by atoms with Gasteiger partial charge in [-0.15, -0.1) is 0 Å². The number of carbonyl (C=O) groups is 1. The lowest BCUT2D eigenvalue weighted by Crippen LogP contribution is -2.28. The number of fused-ring (bicyclic) bond motifs is 1. The summed E-state index contributed by atoms with van der Waals surface area (Å²) >= 11 is 1.55. The molecule has 0 saturated heterocycles. The van der Waals surface area contributed by atoms with Crippen LogP contribution < -0.4 is 5.32 Å². The summed E-state index contributed by atoms with van der Waals surface area (Å²) in [4.78, 5) is 18.3. The van der Waals surface area contributed by atoms with Crippen molar-refractivity contribution in [2.75, 3.05) is 13.1 Å². The smallest absolute Gasteiger partial charge is 0.226 e. The van der Waals surface area contributed by atoms with E-state index in [9.17, 15) is 9.18 Å². The average Bonchev–Trinajstić information content (AvgIpc) is 3.03. The Labute approximate surface area is 120 Å². The summed E-state index contributed by atoms with van der Waals surface area (Å²) < 4.78 is 13.4. The third kappa shape index (κ3) is 2.70. The Morgan fingerprint density at radius 3 is 3.15 bits per heavy atom. The number of thioether (sulfide) groups is 1. The second-order valence-corrected chi connectivity index (χ2v) is 5.42. The van der Waals surface area contributed by atoms with Crippen LogP contribution in [0.25, 0.3) is 0 Å². The number of carbonyl (C=O) groups excluding carboxylic acids is 1. The maximum absolute atomic E-state index is 13.4. The first kappa shape index (κ1) is 13.2. The monoisotopic (exact) mass is 291 g/mol. The first-order valence-electron chi connectivity index (χ1n) is 6.42. The van der Waals surface area contributed by atoms with Crippen molar-refractivity contribution in [2.24, 2.45) is 4.99 Å². The highest BCUT2D eigenvalue weighted by Crippen LogP contribution is 2.30. The van der Waals surface area contributed by atoms with Crippen molar-refractivity contribution in [2.45, 2.75) is 13.0 Å². The molecule has 0 spiro atoms. The number of aliphatic imine (C=N–C) groups is 1. The zero-order chi connectivity index (χ0) is 13.9. The third-order valence-corrected chi connectivity index (χ3v) is 4.17. The molecule has 1 amide bonds. The molecule has 0 atom stereocenters. The lowest BCUT2D eigenvalue weighted by Gasteiger charge is -2.16. The van der Waals surface area contributed by atoms with Crippen LogP contribution in [-0.2, 0) is 11.3 Å². The number of benzene rings is 1. The van der Waals surface area contributed by atoms with E-state index in [-0.39, 0.29) is 18.3 Å². The molecule has 3 rings (SSSR count). The second-order valence-electron chi connectivity index (χ2n) is 4.59. The van der Waals surface area contributed by atoms with E-state index in [1.165, 1.54) is 6.07 Å². The van der Waals surface area contributed by atoms with Crippen molar-refractivity contribution in [3.63, 3.8) is 0 Å². The molecule has 104 valence electrons. The summed E-state index contributed by atoms with van der Waals surface area (Å²) in [6.45, 7) is 1.85. The molecule has 0 bridgehead atoms. The van der Waals surface area contributed by atoms with E-state index in [4.69, 9.17) is 0 Å². The zero-order valence-corrected chi connectivity index (χ0v) is 11.6. The number of halogens is 1. The van der Waals surface area contributed by atoms with Crippen LogP contribution in [0.1, 0.15) is 12.0 Å². The Morgan fingerprint density at radius 1 is 1.45 bits per heavy atom. The molecule has 0 saturated carbocycles. The number of nitrogens with zero attached hydrogens (tertiary/aromatic N) is 2. The predicted molar refractivity (Wildman–Crippen MR) is 77.5 cm³/mol. The van der Waals surface area contributed by atoms with Crippen molar-refractivity contribution in [3.05, 3.63) is 46.8 Å². The standard InChI is InChI=1S/C14H14FN3OS/c15-12-4-2-1-3-10(12)8-17-13(19)7-11-9-20-14-16-5-6-18(11)14/h1-4,9H,5-8H2,(H,17,19). The molecule has 0 aliphatic carbocycles. The molecule has 2 heterocycles. The van der Waals surface area contributed by atoms with Gasteiger partial charge >= 0.3 is 0 Å². The largest absolute Gasteiger partial charge is 0.352 e. The van der Waals surface area contributed by atoms with Crippen molar-refractivity contribution in [1.82, 2.24) is 10.2 Å². The molecule has 1 aromatic carbocycles. The quantitative estimate of drug-likeness (QED) is 0.924. The van der Waals surface area contributed by atoms with Gasteiger partial charge in [0, 0.05) is 24.4 Å². The van der Waals surface area contributed by atoms with Gasteiger partial charge in [0.25, 0.3) is 0 Å². The van der Waals surface area contributed by atoms with Crippen molar-refractivity contribution >= 4 is 22.8 Å². The lowest BCUT2D eigenvalue weighted by atomic mass is 10.2. The number of amides is 1. The van der Waals surface area contributed by atoms with E-state index in [2.05, 4.69) is 15.2 Å². The fraction of sp³-hybridized carbons (Fsp3) is 0.286. The normalized spacial score (nSPS) is 16.8. The van der Waals surface area contributed by atoms with Crippen LogP contribution in [0.15, 0.2) is 40.4 Å². The van der Waals surface area contributed by atoms with Gasteiger partial charge in [0.2, 0.25) is 5.91 Å². The molecule has 20 heavy (non-hydrogen) atoms. The molecule has 4 nitrogen and oxygen atoms in total. The predicted octanol–water partition coefficient (Wildman–Crippen LogP) is 2.09. The maximum Gasteiger partial charge on any atom is 0.226 e. The van der Waals surface area contributed by atoms with Gasteiger partial charge in [0.05, 0.1) is 13.0 Å². The molecular formula is C14H14FN3OS. The van der Waals surface area contributed by atoms with E-state index in [0.717, 1.165) is 24.0 Å². The maximum atomic E-state index is 13.4. The summed E-state index contributed by atoms with van der Waals surface area (Å²) in [7, 11) is 0. The van der Waals surface area contributed by atoms with Gasteiger partial charge in [0.1, 0.15) is 5.82 Å². The van der Waals surface area contributed by atoms with Crippen LogP contribution in [0, 0.1) is 5.82 Å². The molecule has 2 aliphatic heterocycles. The van der Waals surface area contributed by atoms with Gasteiger partial charge in [-0.2, -0.15) is 0 Å². The van der Waals surface area contributed by atoms with Crippen LogP contribution in [0.3, 0.4) is 0 Å². The van der Waals surface area contributed by atoms with E-state index in [1.807, 2.05) is 5.41 Å². The molecule has 6 heteroatoms. The highest BCUT2D eigenvalue weighted by molar-refractivity contribution is 8.16. The summed E-state index contributed by atoms with van der Waals surface area (Å²) in [5.74, 6) is -0.398. The number of rotatable bonds is 4. The number of nitrogens with one attached hydrogen (secondary N) is 1. The van der Waals surface area contributed by atoms with Crippen molar-refractivity contribution < 1.29 is 9.18 Å². The Bertz CT molecular complexity index is 600. The van der Waals surface area contributed by atoms with Crippen LogP contribution >= 0.6 is 11.8 Å². The zero-order valence-electron chi connectivity index (χ0n) is 10.8. The summed E-state index contributed by atoms with van der Waals surface area (Å²) in [5.41, 5.74) is 1.47. The Balaban J connectivity index is 1.53. The summed E-state index contributed by atoms with van der Waals surface area (Å²) in [5, 5.41) is 5.68. The topological polar surface area (TPSA) is 44.7 Å². The molecule has 0 unspecified atom stereocenters. The Hall–Kier alpha value is -1.82. The van der Waals surface area contributed by atoms with Gasteiger partial charge in [0.15, 0.2) is 5.17 Å². The van der Waals surface area contributed by atoms with E-state index in [0.29, 0.717) is 12.0 Å². The van der Waals surface area contributed by atoms with Gasteiger partial charge in [-0.1, -0.05) is 30.0 Å². The molecule has 1 N–H and O–H groups in total. The Kier molecular flexibility index (Phi) is 3.73. The van der Waals surface area contributed by atoms with Crippen molar-refractivity contribution in [1.29, 1.82) is 0 Å². The first-order valence-corrected chi connectivity index (χ1v) is 7.30. The van der Waals surface area contributed by atoms with E-state index in [1.54, 1.807) is 30.0 Å². The van der Waals surface area contributed by atoms with Gasteiger partial charge in [-0.05, 0) is 11.5 Å². The van der Waals surface area contributed by atoms with Gasteiger partial charge < -0.3 is 10.2 Å². The average molecular weight is 291 g/mol. The van der Waals surface area contributed by atoms with Crippen LogP contribution in [0.5, 0.6) is 0 Å². The Morgan fingerprint density at radius 2 is 2.30 bits per heavy atom. The minimum Gasteiger partial charge on any atom is -0.352 e.